The zero-order valence-electron chi connectivity index (χ0n) is 16.5. The van der Waals surface area contributed by atoms with Gasteiger partial charge in [0.1, 0.15) is 0 Å². The minimum atomic E-state index is 0. The summed E-state index contributed by atoms with van der Waals surface area (Å²) < 4.78 is 0. The predicted molar refractivity (Wildman–Crippen MR) is 113 cm³/mol. The van der Waals surface area contributed by atoms with E-state index in [1.54, 1.807) is 0 Å². The van der Waals surface area contributed by atoms with Crippen molar-refractivity contribution in [2.24, 2.45) is 5.92 Å². The van der Waals surface area contributed by atoms with E-state index in [9.17, 15) is 9.59 Å². The monoisotopic (exact) mass is 422 g/mol. The number of hydrogen-bond donors (Lipinski definition) is 1. The molecule has 2 saturated carbocycles. The highest BCUT2D eigenvalue weighted by Crippen LogP contribution is 2.27. The van der Waals surface area contributed by atoms with Gasteiger partial charge in [0.2, 0.25) is 11.8 Å². The van der Waals surface area contributed by atoms with Gasteiger partial charge in [0, 0.05) is 39.3 Å². The van der Waals surface area contributed by atoms with Crippen molar-refractivity contribution in [2.75, 3.05) is 52.9 Å². The fourth-order valence-electron chi connectivity index (χ4n) is 3.95. The van der Waals surface area contributed by atoms with Crippen LogP contribution in [-0.4, -0.2) is 85.4 Å². The van der Waals surface area contributed by atoms with Crippen LogP contribution < -0.4 is 5.32 Å². The van der Waals surface area contributed by atoms with Gasteiger partial charge >= 0.3 is 0 Å². The van der Waals surface area contributed by atoms with Crippen molar-refractivity contribution in [2.45, 2.75) is 51.0 Å². The first-order valence-electron chi connectivity index (χ1n) is 10.1. The van der Waals surface area contributed by atoms with E-state index in [1.165, 1.54) is 32.1 Å². The second-order valence-corrected chi connectivity index (χ2v) is 8.03. The molecule has 27 heavy (non-hydrogen) atoms. The molecule has 0 aromatic carbocycles. The number of piperazine rings is 1. The Kier molecular flexibility index (Phi) is 11.0. The lowest BCUT2D eigenvalue weighted by Gasteiger charge is -2.37. The number of amides is 2. The summed E-state index contributed by atoms with van der Waals surface area (Å²) in [5.74, 6) is 1.24. The SMILES string of the molecule is CN(C(=O)CN1CCN(C(=O)CNCC2CC2)CC1)C1CCCCC1.Cl.Cl. The molecule has 0 radical (unpaired) electrons. The lowest BCUT2D eigenvalue weighted by atomic mass is 9.94. The lowest BCUT2D eigenvalue weighted by molar-refractivity contribution is -0.135. The second-order valence-electron chi connectivity index (χ2n) is 8.03. The number of carbonyl (C=O) groups is 2. The Hall–Kier alpha value is -0.560. The Bertz CT molecular complexity index is 463. The molecular formula is C19H36Cl2N4O2. The Balaban J connectivity index is 0.00000182. The van der Waals surface area contributed by atoms with E-state index >= 15 is 0 Å². The maximum absolute atomic E-state index is 12.5. The highest BCUT2D eigenvalue weighted by Gasteiger charge is 2.27. The zero-order valence-corrected chi connectivity index (χ0v) is 18.2. The average molecular weight is 423 g/mol. The summed E-state index contributed by atoms with van der Waals surface area (Å²) in [6, 6.07) is 0.432. The van der Waals surface area contributed by atoms with E-state index in [1.807, 2.05) is 16.8 Å². The minimum absolute atomic E-state index is 0. The molecule has 3 fully saturated rings. The van der Waals surface area contributed by atoms with Crippen LogP contribution in [0.2, 0.25) is 0 Å². The van der Waals surface area contributed by atoms with Crippen LogP contribution in [0.5, 0.6) is 0 Å². The summed E-state index contributed by atoms with van der Waals surface area (Å²) in [6.45, 7) is 5.02. The summed E-state index contributed by atoms with van der Waals surface area (Å²) >= 11 is 0. The van der Waals surface area contributed by atoms with Gasteiger partial charge in [0.15, 0.2) is 0 Å². The minimum Gasteiger partial charge on any atom is -0.342 e. The van der Waals surface area contributed by atoms with E-state index in [0.29, 0.717) is 19.1 Å². The van der Waals surface area contributed by atoms with Crippen molar-refractivity contribution >= 4 is 36.6 Å². The average Bonchev–Trinajstić information content (AvgIpc) is 3.46. The lowest BCUT2D eigenvalue weighted by Crippen LogP contribution is -2.53. The molecule has 0 aromatic rings. The number of rotatable bonds is 7. The van der Waals surface area contributed by atoms with E-state index in [-0.39, 0.29) is 36.6 Å². The predicted octanol–water partition coefficient (Wildman–Crippen LogP) is 1.76. The maximum atomic E-state index is 12.5. The van der Waals surface area contributed by atoms with E-state index in [4.69, 9.17) is 0 Å². The number of carbonyl (C=O) groups excluding carboxylic acids is 2. The Morgan fingerprint density at radius 1 is 0.963 bits per heavy atom. The molecule has 1 aliphatic heterocycles. The molecule has 2 aliphatic carbocycles. The van der Waals surface area contributed by atoms with Gasteiger partial charge < -0.3 is 15.1 Å². The van der Waals surface area contributed by atoms with Gasteiger partial charge in [0.05, 0.1) is 13.1 Å². The molecule has 6 nitrogen and oxygen atoms in total. The smallest absolute Gasteiger partial charge is 0.236 e. The van der Waals surface area contributed by atoms with Crippen molar-refractivity contribution in [3.63, 3.8) is 0 Å². The van der Waals surface area contributed by atoms with E-state index < -0.39 is 0 Å². The number of likely N-dealkylation sites (N-methyl/N-ethyl adjacent to an activating group) is 1. The van der Waals surface area contributed by atoms with Crippen LogP contribution in [0, 0.1) is 5.92 Å². The van der Waals surface area contributed by atoms with Gasteiger partial charge in [-0.15, -0.1) is 24.8 Å². The molecule has 2 amide bonds. The van der Waals surface area contributed by atoms with Crippen molar-refractivity contribution in [3.8, 4) is 0 Å². The fourth-order valence-corrected chi connectivity index (χ4v) is 3.95. The van der Waals surface area contributed by atoms with Crippen molar-refractivity contribution in [3.05, 3.63) is 0 Å². The molecule has 3 aliphatic rings. The zero-order chi connectivity index (χ0) is 17.6. The Morgan fingerprint density at radius 2 is 1.59 bits per heavy atom. The quantitative estimate of drug-likeness (QED) is 0.678. The van der Waals surface area contributed by atoms with Crippen LogP contribution in [0.25, 0.3) is 0 Å². The molecule has 0 atom stereocenters. The van der Waals surface area contributed by atoms with Gasteiger partial charge in [-0.2, -0.15) is 0 Å². The highest BCUT2D eigenvalue weighted by atomic mass is 35.5. The summed E-state index contributed by atoms with van der Waals surface area (Å²) in [5, 5.41) is 3.27. The molecule has 0 aromatic heterocycles. The molecule has 3 rings (SSSR count). The summed E-state index contributed by atoms with van der Waals surface area (Å²) in [7, 11) is 1.96. The van der Waals surface area contributed by atoms with Crippen LogP contribution in [0.15, 0.2) is 0 Å². The van der Waals surface area contributed by atoms with Crippen molar-refractivity contribution < 1.29 is 9.59 Å². The molecule has 1 heterocycles. The molecule has 8 heteroatoms. The summed E-state index contributed by atoms with van der Waals surface area (Å²) in [5.41, 5.74) is 0. The van der Waals surface area contributed by atoms with E-state index in [0.717, 1.165) is 51.5 Å². The first-order chi connectivity index (χ1) is 12.1. The van der Waals surface area contributed by atoms with Crippen LogP contribution >= 0.6 is 24.8 Å². The molecule has 1 N–H and O–H groups in total. The molecule has 0 unspecified atom stereocenters. The number of nitrogens with one attached hydrogen (secondary N) is 1. The Morgan fingerprint density at radius 3 is 2.19 bits per heavy atom. The highest BCUT2D eigenvalue weighted by molar-refractivity contribution is 5.85. The second kappa shape index (κ2) is 12.1. The third kappa shape index (κ3) is 7.76. The Labute approximate surface area is 176 Å². The van der Waals surface area contributed by atoms with Crippen LogP contribution in [0.1, 0.15) is 44.9 Å². The van der Waals surface area contributed by atoms with Gasteiger partial charge in [-0.3, -0.25) is 14.5 Å². The number of halogens is 2. The van der Waals surface area contributed by atoms with Gasteiger partial charge in [-0.25, -0.2) is 0 Å². The van der Waals surface area contributed by atoms with Gasteiger partial charge in [0.25, 0.3) is 0 Å². The first-order valence-corrected chi connectivity index (χ1v) is 10.1. The maximum Gasteiger partial charge on any atom is 0.236 e. The third-order valence-corrected chi connectivity index (χ3v) is 6.01. The molecule has 0 bridgehead atoms. The molecule has 158 valence electrons. The summed E-state index contributed by atoms with van der Waals surface area (Å²) in [4.78, 5) is 30.8. The van der Waals surface area contributed by atoms with Crippen molar-refractivity contribution in [1.82, 2.24) is 20.0 Å². The number of hydrogen-bond acceptors (Lipinski definition) is 4. The normalized spacial score (nSPS) is 21.1. The fraction of sp³-hybridized carbons (Fsp3) is 0.895. The largest absolute Gasteiger partial charge is 0.342 e. The van der Waals surface area contributed by atoms with E-state index in [2.05, 4.69) is 10.2 Å². The van der Waals surface area contributed by atoms with Crippen LogP contribution in [-0.2, 0) is 9.59 Å². The summed E-state index contributed by atoms with van der Waals surface area (Å²) in [6.07, 6.45) is 8.73. The van der Waals surface area contributed by atoms with Crippen LogP contribution in [0.4, 0.5) is 0 Å². The standard InChI is InChI=1S/C19H34N4O2.2ClH/c1-21(17-5-3-2-4-6-17)19(25)15-22-9-11-23(12-10-22)18(24)14-20-13-16-7-8-16;;/h16-17,20H,2-15H2,1H3;2*1H. The number of nitrogens with zero attached hydrogens (tertiary/aromatic N) is 3. The molecule has 1 saturated heterocycles. The molecular weight excluding hydrogens is 387 g/mol. The van der Waals surface area contributed by atoms with Gasteiger partial charge in [-0.1, -0.05) is 19.3 Å². The third-order valence-electron chi connectivity index (χ3n) is 6.01. The van der Waals surface area contributed by atoms with Crippen LogP contribution in [0.3, 0.4) is 0 Å². The van der Waals surface area contributed by atoms with Crippen molar-refractivity contribution in [1.29, 1.82) is 0 Å². The van der Waals surface area contributed by atoms with Gasteiger partial charge in [-0.05, 0) is 38.1 Å². The topological polar surface area (TPSA) is 55.9 Å². The molecule has 0 spiro atoms. The first kappa shape index (κ1) is 24.5.